The van der Waals surface area contributed by atoms with Crippen LogP contribution in [0.4, 0.5) is 0 Å². The number of furan rings is 1. The molecule has 1 aromatic rings. The van der Waals surface area contributed by atoms with Crippen molar-refractivity contribution >= 4 is 0 Å². The molecule has 0 radical (unpaired) electrons. The summed E-state index contributed by atoms with van der Waals surface area (Å²) in [6.07, 6.45) is 3.85. The highest BCUT2D eigenvalue weighted by atomic mass is 16.3. The third-order valence-corrected chi connectivity index (χ3v) is 2.26. The van der Waals surface area contributed by atoms with Crippen LogP contribution in [-0.4, -0.2) is 0 Å². The van der Waals surface area contributed by atoms with E-state index in [0.29, 0.717) is 5.92 Å². The van der Waals surface area contributed by atoms with E-state index in [-0.39, 0.29) is 6.04 Å². The van der Waals surface area contributed by atoms with E-state index in [1.165, 1.54) is 6.42 Å². The maximum atomic E-state index is 5.92. The maximum Gasteiger partial charge on any atom is 0.120 e. The summed E-state index contributed by atoms with van der Waals surface area (Å²) in [6.45, 7) is 4.39. The molecule has 12 heavy (non-hydrogen) atoms. The van der Waals surface area contributed by atoms with Crippen LogP contribution in [0.1, 0.15) is 38.5 Å². The van der Waals surface area contributed by atoms with E-state index in [4.69, 9.17) is 10.2 Å². The molecule has 0 aliphatic rings. The highest BCUT2D eigenvalue weighted by molar-refractivity contribution is 5.03. The molecule has 0 fully saturated rings. The van der Waals surface area contributed by atoms with Crippen molar-refractivity contribution in [1.29, 1.82) is 0 Å². The topological polar surface area (TPSA) is 39.2 Å². The van der Waals surface area contributed by atoms with Gasteiger partial charge in [-0.25, -0.2) is 0 Å². The predicted molar refractivity (Wildman–Crippen MR) is 49.7 cm³/mol. The standard InChI is InChI=1S/C10H17NO/c1-3-8(2)7-9(11)10-5-4-6-12-10/h4-6,8-9H,3,7,11H2,1-2H3. The SMILES string of the molecule is CCC(C)CC(N)c1ccco1. The number of hydrogen-bond acceptors (Lipinski definition) is 2. The van der Waals surface area contributed by atoms with Crippen molar-refractivity contribution in [3.63, 3.8) is 0 Å². The molecule has 1 aromatic heterocycles. The number of hydrogen-bond donors (Lipinski definition) is 1. The van der Waals surface area contributed by atoms with Crippen molar-refractivity contribution in [2.24, 2.45) is 11.7 Å². The summed E-state index contributed by atoms with van der Waals surface area (Å²) >= 11 is 0. The molecule has 0 spiro atoms. The molecule has 2 heteroatoms. The van der Waals surface area contributed by atoms with Gasteiger partial charge in [-0.2, -0.15) is 0 Å². The van der Waals surface area contributed by atoms with Crippen LogP contribution in [0.25, 0.3) is 0 Å². The molecule has 2 atom stereocenters. The van der Waals surface area contributed by atoms with E-state index in [9.17, 15) is 0 Å². The van der Waals surface area contributed by atoms with Gasteiger partial charge in [0.25, 0.3) is 0 Å². The van der Waals surface area contributed by atoms with Crippen LogP contribution >= 0.6 is 0 Å². The lowest BCUT2D eigenvalue weighted by molar-refractivity contribution is 0.396. The van der Waals surface area contributed by atoms with Crippen LogP contribution in [0.3, 0.4) is 0 Å². The molecule has 0 bridgehead atoms. The second-order valence-electron chi connectivity index (χ2n) is 3.37. The van der Waals surface area contributed by atoms with Crippen LogP contribution in [-0.2, 0) is 0 Å². The molecule has 0 saturated carbocycles. The molecule has 0 saturated heterocycles. The molecule has 1 rings (SSSR count). The van der Waals surface area contributed by atoms with Gasteiger partial charge in [0.1, 0.15) is 5.76 Å². The lowest BCUT2D eigenvalue weighted by Crippen LogP contribution is -2.12. The van der Waals surface area contributed by atoms with Crippen molar-refractivity contribution in [3.05, 3.63) is 24.2 Å². The molecule has 0 amide bonds. The molecule has 2 unspecified atom stereocenters. The average Bonchev–Trinajstić information content (AvgIpc) is 2.56. The van der Waals surface area contributed by atoms with E-state index in [0.717, 1.165) is 12.2 Å². The molecular weight excluding hydrogens is 150 g/mol. The smallest absolute Gasteiger partial charge is 0.120 e. The summed E-state index contributed by atoms with van der Waals surface area (Å²) in [5, 5.41) is 0. The molecule has 0 aromatic carbocycles. The van der Waals surface area contributed by atoms with Gasteiger partial charge in [-0.05, 0) is 24.5 Å². The fourth-order valence-electron chi connectivity index (χ4n) is 1.22. The molecule has 0 aliphatic carbocycles. The Kier molecular flexibility index (Phi) is 3.35. The van der Waals surface area contributed by atoms with E-state index in [1.54, 1.807) is 6.26 Å². The zero-order valence-electron chi connectivity index (χ0n) is 7.79. The molecular formula is C10H17NO. The summed E-state index contributed by atoms with van der Waals surface area (Å²) < 4.78 is 5.22. The van der Waals surface area contributed by atoms with Crippen molar-refractivity contribution in [1.82, 2.24) is 0 Å². The monoisotopic (exact) mass is 167 g/mol. The number of nitrogens with two attached hydrogens (primary N) is 1. The minimum Gasteiger partial charge on any atom is -0.468 e. The summed E-state index contributed by atoms with van der Waals surface area (Å²) in [6, 6.07) is 3.88. The summed E-state index contributed by atoms with van der Waals surface area (Å²) in [5.41, 5.74) is 5.92. The summed E-state index contributed by atoms with van der Waals surface area (Å²) in [4.78, 5) is 0. The Bertz CT molecular complexity index is 206. The molecule has 68 valence electrons. The Morgan fingerprint density at radius 1 is 1.58 bits per heavy atom. The Morgan fingerprint density at radius 2 is 2.33 bits per heavy atom. The Morgan fingerprint density at radius 3 is 2.83 bits per heavy atom. The average molecular weight is 167 g/mol. The third kappa shape index (κ3) is 2.38. The summed E-state index contributed by atoms with van der Waals surface area (Å²) in [5.74, 6) is 1.57. The van der Waals surface area contributed by atoms with E-state index in [1.807, 2.05) is 12.1 Å². The van der Waals surface area contributed by atoms with Crippen LogP contribution in [0.5, 0.6) is 0 Å². The van der Waals surface area contributed by atoms with Crippen LogP contribution in [0, 0.1) is 5.92 Å². The molecule has 0 aliphatic heterocycles. The largest absolute Gasteiger partial charge is 0.468 e. The van der Waals surface area contributed by atoms with Crippen LogP contribution < -0.4 is 5.73 Å². The second kappa shape index (κ2) is 4.31. The van der Waals surface area contributed by atoms with E-state index >= 15 is 0 Å². The van der Waals surface area contributed by atoms with Gasteiger partial charge in [0.15, 0.2) is 0 Å². The van der Waals surface area contributed by atoms with Gasteiger partial charge in [-0.1, -0.05) is 20.3 Å². The number of rotatable bonds is 4. The Balaban J connectivity index is 2.44. The van der Waals surface area contributed by atoms with Gasteiger partial charge < -0.3 is 10.2 Å². The van der Waals surface area contributed by atoms with Crippen LogP contribution in [0.15, 0.2) is 22.8 Å². The van der Waals surface area contributed by atoms with Gasteiger partial charge in [0.2, 0.25) is 0 Å². The highest BCUT2D eigenvalue weighted by Crippen LogP contribution is 2.20. The van der Waals surface area contributed by atoms with Crippen LogP contribution in [0.2, 0.25) is 0 Å². The Labute approximate surface area is 73.8 Å². The van der Waals surface area contributed by atoms with E-state index in [2.05, 4.69) is 13.8 Å². The molecule has 1 heterocycles. The van der Waals surface area contributed by atoms with Gasteiger partial charge in [0.05, 0.1) is 12.3 Å². The lowest BCUT2D eigenvalue weighted by Gasteiger charge is -2.13. The lowest BCUT2D eigenvalue weighted by atomic mass is 9.99. The quantitative estimate of drug-likeness (QED) is 0.748. The minimum absolute atomic E-state index is 0.0648. The highest BCUT2D eigenvalue weighted by Gasteiger charge is 2.11. The molecule has 2 nitrogen and oxygen atoms in total. The first-order valence-electron chi connectivity index (χ1n) is 4.53. The fraction of sp³-hybridized carbons (Fsp3) is 0.600. The van der Waals surface area contributed by atoms with Crippen molar-refractivity contribution in [2.75, 3.05) is 0 Å². The fourth-order valence-corrected chi connectivity index (χ4v) is 1.22. The maximum absolute atomic E-state index is 5.92. The predicted octanol–water partition coefficient (Wildman–Crippen LogP) is 2.72. The van der Waals surface area contributed by atoms with Crippen molar-refractivity contribution < 1.29 is 4.42 Å². The zero-order valence-corrected chi connectivity index (χ0v) is 7.79. The van der Waals surface area contributed by atoms with Gasteiger partial charge >= 0.3 is 0 Å². The van der Waals surface area contributed by atoms with E-state index < -0.39 is 0 Å². The summed E-state index contributed by atoms with van der Waals surface area (Å²) in [7, 11) is 0. The third-order valence-electron chi connectivity index (χ3n) is 2.26. The minimum atomic E-state index is 0.0648. The van der Waals surface area contributed by atoms with Gasteiger partial charge in [-0.15, -0.1) is 0 Å². The normalized spacial score (nSPS) is 15.9. The molecule has 2 N–H and O–H groups in total. The first-order chi connectivity index (χ1) is 5.74. The van der Waals surface area contributed by atoms with Gasteiger partial charge in [0, 0.05) is 0 Å². The first-order valence-corrected chi connectivity index (χ1v) is 4.53. The second-order valence-corrected chi connectivity index (χ2v) is 3.37. The van der Waals surface area contributed by atoms with Gasteiger partial charge in [-0.3, -0.25) is 0 Å². The first kappa shape index (κ1) is 9.33. The van der Waals surface area contributed by atoms with Crippen molar-refractivity contribution in [3.8, 4) is 0 Å². The van der Waals surface area contributed by atoms with Crippen molar-refractivity contribution in [2.45, 2.75) is 32.7 Å². The Hall–Kier alpha value is -0.760. The zero-order chi connectivity index (χ0) is 8.97.